The van der Waals surface area contributed by atoms with E-state index in [9.17, 15) is 10.1 Å². The Morgan fingerprint density at radius 3 is 2.61 bits per heavy atom. The van der Waals surface area contributed by atoms with Crippen molar-refractivity contribution in [3.8, 4) is 5.69 Å². The molecule has 0 fully saturated rings. The maximum absolute atomic E-state index is 11.1. The maximum atomic E-state index is 11.1. The molecular weight excluding hydrogens is 230 g/mol. The maximum Gasteiger partial charge on any atom is 0.293 e. The Balaban J connectivity index is 2.43. The molecule has 0 saturated carbocycles. The highest BCUT2D eigenvalue weighted by Crippen LogP contribution is 2.30. The molecule has 0 unspecified atom stereocenters. The van der Waals surface area contributed by atoms with Crippen LogP contribution in [-0.4, -0.2) is 14.5 Å². The zero-order valence-corrected chi connectivity index (χ0v) is 9.35. The zero-order valence-electron chi connectivity index (χ0n) is 9.35. The molecule has 3 aromatic rings. The second-order valence-electron chi connectivity index (χ2n) is 3.85. The SMILES string of the molecule is O=[N+]([O-])c1ccc2ncccc2c1-n1cccc1. The van der Waals surface area contributed by atoms with Gasteiger partial charge in [0.2, 0.25) is 0 Å². The second kappa shape index (κ2) is 3.96. The van der Waals surface area contributed by atoms with Gasteiger partial charge in [-0.15, -0.1) is 0 Å². The number of pyridine rings is 1. The summed E-state index contributed by atoms with van der Waals surface area (Å²) in [5.74, 6) is 0. The molecule has 18 heavy (non-hydrogen) atoms. The number of aromatic nitrogens is 2. The van der Waals surface area contributed by atoms with E-state index in [0.717, 1.165) is 10.9 Å². The van der Waals surface area contributed by atoms with Crippen molar-refractivity contribution in [2.75, 3.05) is 0 Å². The van der Waals surface area contributed by atoms with Crippen LogP contribution in [0.2, 0.25) is 0 Å². The van der Waals surface area contributed by atoms with Gasteiger partial charge in [-0.1, -0.05) is 0 Å². The van der Waals surface area contributed by atoms with E-state index in [1.54, 1.807) is 35.3 Å². The van der Waals surface area contributed by atoms with E-state index in [-0.39, 0.29) is 10.6 Å². The number of nitrogens with zero attached hydrogens (tertiary/aromatic N) is 3. The summed E-state index contributed by atoms with van der Waals surface area (Å²) in [7, 11) is 0. The molecule has 0 bridgehead atoms. The lowest BCUT2D eigenvalue weighted by molar-refractivity contribution is -0.384. The fraction of sp³-hybridized carbons (Fsp3) is 0. The normalized spacial score (nSPS) is 10.7. The standard InChI is InChI=1S/C13H9N3O2/c17-16(18)12-6-5-11-10(4-3-7-14-11)13(12)15-8-1-2-9-15/h1-9H. The van der Waals surface area contributed by atoms with Crippen LogP contribution in [0.1, 0.15) is 0 Å². The lowest BCUT2D eigenvalue weighted by atomic mass is 10.1. The molecule has 0 N–H and O–H groups in total. The average Bonchev–Trinajstić information content (AvgIpc) is 2.90. The highest BCUT2D eigenvalue weighted by atomic mass is 16.6. The van der Waals surface area contributed by atoms with Crippen molar-refractivity contribution in [2.24, 2.45) is 0 Å². The number of rotatable bonds is 2. The molecule has 5 heteroatoms. The van der Waals surface area contributed by atoms with Gasteiger partial charge in [0, 0.05) is 30.0 Å². The van der Waals surface area contributed by atoms with Gasteiger partial charge in [-0.05, 0) is 30.3 Å². The summed E-state index contributed by atoms with van der Waals surface area (Å²) in [4.78, 5) is 15.0. The van der Waals surface area contributed by atoms with Crippen molar-refractivity contribution in [3.63, 3.8) is 0 Å². The van der Waals surface area contributed by atoms with Crippen molar-refractivity contribution in [1.29, 1.82) is 0 Å². The van der Waals surface area contributed by atoms with Gasteiger partial charge < -0.3 is 4.57 Å². The van der Waals surface area contributed by atoms with Gasteiger partial charge in [0.25, 0.3) is 5.69 Å². The van der Waals surface area contributed by atoms with Crippen molar-refractivity contribution in [2.45, 2.75) is 0 Å². The van der Waals surface area contributed by atoms with Crippen molar-refractivity contribution < 1.29 is 4.92 Å². The van der Waals surface area contributed by atoms with E-state index in [1.165, 1.54) is 6.07 Å². The first-order chi connectivity index (χ1) is 8.77. The monoisotopic (exact) mass is 239 g/mol. The van der Waals surface area contributed by atoms with Gasteiger partial charge in [-0.25, -0.2) is 0 Å². The predicted molar refractivity (Wildman–Crippen MR) is 67.7 cm³/mol. The number of hydrogen-bond donors (Lipinski definition) is 0. The Morgan fingerprint density at radius 2 is 1.89 bits per heavy atom. The molecule has 0 radical (unpaired) electrons. The zero-order chi connectivity index (χ0) is 12.5. The molecule has 5 nitrogen and oxygen atoms in total. The molecule has 3 rings (SSSR count). The molecule has 0 saturated heterocycles. The molecule has 0 spiro atoms. The summed E-state index contributed by atoms with van der Waals surface area (Å²) in [5.41, 5.74) is 1.37. The van der Waals surface area contributed by atoms with E-state index in [0.29, 0.717) is 5.69 Å². The minimum atomic E-state index is -0.373. The van der Waals surface area contributed by atoms with Crippen LogP contribution in [-0.2, 0) is 0 Å². The van der Waals surface area contributed by atoms with Gasteiger partial charge in [0.15, 0.2) is 0 Å². The van der Waals surface area contributed by atoms with Crippen molar-refractivity contribution >= 4 is 16.6 Å². The first-order valence-electron chi connectivity index (χ1n) is 5.43. The predicted octanol–water partition coefficient (Wildman–Crippen LogP) is 2.93. The molecule has 0 atom stereocenters. The van der Waals surface area contributed by atoms with Crippen LogP contribution in [0.4, 0.5) is 5.69 Å². The van der Waals surface area contributed by atoms with Crippen molar-refractivity contribution in [3.05, 3.63) is 65.1 Å². The Bertz CT molecular complexity index is 720. The van der Waals surface area contributed by atoms with Gasteiger partial charge in [0.05, 0.1) is 10.4 Å². The topological polar surface area (TPSA) is 61.0 Å². The van der Waals surface area contributed by atoms with Crippen LogP contribution in [0.15, 0.2) is 55.0 Å². The van der Waals surface area contributed by atoms with Crippen LogP contribution in [0.5, 0.6) is 0 Å². The number of benzene rings is 1. The largest absolute Gasteiger partial charge is 0.318 e. The van der Waals surface area contributed by atoms with Gasteiger partial charge in [0.1, 0.15) is 5.69 Å². The van der Waals surface area contributed by atoms with E-state index in [1.807, 2.05) is 18.2 Å². The Morgan fingerprint density at radius 1 is 1.11 bits per heavy atom. The molecular formula is C13H9N3O2. The Kier molecular flexibility index (Phi) is 2.30. The number of nitro groups is 1. The van der Waals surface area contributed by atoms with Crippen LogP contribution in [0, 0.1) is 10.1 Å². The second-order valence-corrected chi connectivity index (χ2v) is 3.85. The first kappa shape index (κ1) is 10.5. The van der Waals surface area contributed by atoms with E-state index in [4.69, 9.17) is 0 Å². The Labute approximate surface area is 102 Å². The smallest absolute Gasteiger partial charge is 0.293 e. The van der Waals surface area contributed by atoms with Crippen molar-refractivity contribution in [1.82, 2.24) is 9.55 Å². The minimum Gasteiger partial charge on any atom is -0.318 e. The molecule has 1 aromatic carbocycles. The number of hydrogen-bond acceptors (Lipinski definition) is 3. The third kappa shape index (κ3) is 1.53. The van der Waals surface area contributed by atoms with Gasteiger partial charge in [-0.2, -0.15) is 0 Å². The van der Waals surface area contributed by atoms with E-state index >= 15 is 0 Å². The van der Waals surface area contributed by atoms with E-state index < -0.39 is 0 Å². The van der Waals surface area contributed by atoms with Crippen LogP contribution in [0.3, 0.4) is 0 Å². The minimum absolute atomic E-state index is 0.0756. The highest BCUT2D eigenvalue weighted by Gasteiger charge is 2.18. The Hall–Kier alpha value is -2.69. The van der Waals surface area contributed by atoms with E-state index in [2.05, 4.69) is 4.98 Å². The molecule has 0 aliphatic rings. The quantitative estimate of drug-likeness (QED) is 0.510. The van der Waals surface area contributed by atoms with Crippen LogP contribution in [0.25, 0.3) is 16.6 Å². The lowest BCUT2D eigenvalue weighted by Gasteiger charge is -2.07. The molecule has 2 heterocycles. The summed E-state index contributed by atoms with van der Waals surface area (Å²) < 4.78 is 1.74. The molecule has 0 aliphatic carbocycles. The number of nitro benzene ring substituents is 1. The number of fused-ring (bicyclic) bond motifs is 1. The summed E-state index contributed by atoms with van der Waals surface area (Å²) in [6.07, 6.45) is 5.25. The molecule has 0 amide bonds. The third-order valence-electron chi connectivity index (χ3n) is 2.79. The fourth-order valence-corrected chi connectivity index (χ4v) is 2.03. The van der Waals surface area contributed by atoms with Gasteiger partial charge >= 0.3 is 0 Å². The third-order valence-corrected chi connectivity index (χ3v) is 2.79. The summed E-state index contributed by atoms with van der Waals surface area (Å²) in [5, 5.41) is 11.9. The van der Waals surface area contributed by atoms with Gasteiger partial charge in [-0.3, -0.25) is 15.1 Å². The molecule has 2 aromatic heterocycles. The first-order valence-corrected chi connectivity index (χ1v) is 5.43. The van der Waals surface area contributed by atoms with Crippen LogP contribution < -0.4 is 0 Å². The highest BCUT2D eigenvalue weighted by molar-refractivity contribution is 5.91. The summed E-state index contributed by atoms with van der Waals surface area (Å²) in [6, 6.07) is 10.4. The summed E-state index contributed by atoms with van der Waals surface area (Å²) in [6.45, 7) is 0. The average molecular weight is 239 g/mol. The fourth-order valence-electron chi connectivity index (χ4n) is 2.03. The van der Waals surface area contributed by atoms with Crippen LogP contribution >= 0.6 is 0 Å². The molecule has 0 aliphatic heterocycles. The lowest BCUT2D eigenvalue weighted by Crippen LogP contribution is -1.99. The summed E-state index contributed by atoms with van der Waals surface area (Å²) >= 11 is 0. The molecule has 88 valence electrons.